The van der Waals surface area contributed by atoms with Gasteiger partial charge in [0.1, 0.15) is 8.75 Å². The Morgan fingerprint density at radius 3 is 1.08 bits per heavy atom. The number of thioether (sulfide) groups is 4. The van der Waals surface area contributed by atoms with Crippen LogP contribution < -0.4 is 0 Å². The van der Waals surface area contributed by atoms with Gasteiger partial charge >= 0.3 is 0 Å². The monoisotopic (exact) mass is 392 g/mol. The maximum Gasteiger partial charge on any atom is 0.130 e. The molecule has 2 aromatic carbocycles. The summed E-state index contributed by atoms with van der Waals surface area (Å²) in [5.74, 6) is 0. The normalized spacial score (nSPS) is 10.3. The lowest BCUT2D eigenvalue weighted by atomic mass is 10.1. The molecule has 0 atom stereocenters. The fraction of sp³-hybridized carbons (Fsp3) is 0.222. The van der Waals surface area contributed by atoms with Gasteiger partial charge in [0, 0.05) is 0 Å². The fourth-order valence-corrected chi connectivity index (χ4v) is 4.14. The molecule has 2 rings (SSSR count). The molecule has 0 spiro atoms. The van der Waals surface area contributed by atoms with Gasteiger partial charge in [-0.2, -0.15) is 0 Å². The van der Waals surface area contributed by atoms with Gasteiger partial charge in [0.25, 0.3) is 0 Å². The third kappa shape index (κ3) is 5.62. The number of hydrogen-bond donors (Lipinski definition) is 0. The smallest absolute Gasteiger partial charge is 0.130 e. The first-order chi connectivity index (χ1) is 11.7. The molecule has 126 valence electrons. The van der Waals surface area contributed by atoms with Crippen LogP contribution in [0.1, 0.15) is 0 Å². The highest BCUT2D eigenvalue weighted by Gasteiger charge is 2.01. The number of benzene rings is 2. The summed E-state index contributed by atoms with van der Waals surface area (Å²) in [7, 11) is 0. The van der Waals surface area contributed by atoms with Crippen LogP contribution in [0.5, 0.6) is 0 Å². The standard InChI is InChI=1S/C18H20N2S4/c1-21-17(22-2)19-15-9-5-13(6-10-15)14-7-11-16(12-8-14)20-18(23-3)24-4/h5-12H,1-4H3. The molecule has 0 bridgehead atoms. The average Bonchev–Trinajstić information content (AvgIpc) is 2.65. The number of nitrogens with zero attached hydrogens (tertiary/aromatic N) is 2. The van der Waals surface area contributed by atoms with Gasteiger partial charge in [-0.3, -0.25) is 0 Å². The highest BCUT2D eigenvalue weighted by atomic mass is 32.2. The van der Waals surface area contributed by atoms with Crippen molar-refractivity contribution in [2.75, 3.05) is 25.0 Å². The van der Waals surface area contributed by atoms with E-state index in [9.17, 15) is 0 Å². The van der Waals surface area contributed by atoms with E-state index in [1.807, 2.05) is 25.0 Å². The summed E-state index contributed by atoms with van der Waals surface area (Å²) in [6.07, 6.45) is 8.20. The van der Waals surface area contributed by atoms with Crippen LogP contribution >= 0.6 is 47.0 Å². The predicted octanol–water partition coefficient (Wildman–Crippen LogP) is 6.78. The summed E-state index contributed by atoms with van der Waals surface area (Å²) in [4.78, 5) is 9.23. The molecule has 0 aliphatic heterocycles. The van der Waals surface area contributed by atoms with Crippen molar-refractivity contribution in [1.82, 2.24) is 0 Å². The minimum absolute atomic E-state index is 0.989. The van der Waals surface area contributed by atoms with Crippen molar-refractivity contribution >= 4 is 67.2 Å². The van der Waals surface area contributed by atoms with Crippen LogP contribution in [0, 0.1) is 0 Å². The van der Waals surface area contributed by atoms with Crippen molar-refractivity contribution in [3.05, 3.63) is 48.5 Å². The lowest BCUT2D eigenvalue weighted by Crippen LogP contribution is -1.82. The lowest BCUT2D eigenvalue weighted by molar-refractivity contribution is 1.51. The van der Waals surface area contributed by atoms with Crippen LogP contribution in [0.15, 0.2) is 58.5 Å². The van der Waals surface area contributed by atoms with Crippen molar-refractivity contribution in [1.29, 1.82) is 0 Å². The van der Waals surface area contributed by atoms with Crippen LogP contribution in [0.3, 0.4) is 0 Å². The Kier molecular flexibility index (Phi) is 8.32. The maximum atomic E-state index is 4.62. The predicted molar refractivity (Wildman–Crippen MR) is 120 cm³/mol. The first-order valence-corrected chi connectivity index (χ1v) is 12.1. The second kappa shape index (κ2) is 10.2. The Bertz CT molecular complexity index is 631. The zero-order valence-corrected chi connectivity index (χ0v) is 17.4. The average molecular weight is 393 g/mol. The van der Waals surface area contributed by atoms with Crippen molar-refractivity contribution in [2.45, 2.75) is 0 Å². The molecule has 2 nitrogen and oxygen atoms in total. The molecular weight excluding hydrogens is 372 g/mol. The fourth-order valence-electron chi connectivity index (χ4n) is 2.02. The molecule has 0 aromatic heterocycles. The Morgan fingerprint density at radius 2 is 0.833 bits per heavy atom. The maximum absolute atomic E-state index is 4.62. The van der Waals surface area contributed by atoms with Crippen molar-refractivity contribution in [3.8, 4) is 11.1 Å². The zero-order chi connectivity index (χ0) is 17.4. The van der Waals surface area contributed by atoms with Gasteiger partial charge in [-0.05, 0) is 60.4 Å². The molecule has 0 N–H and O–H groups in total. The van der Waals surface area contributed by atoms with E-state index in [0.29, 0.717) is 0 Å². The van der Waals surface area contributed by atoms with E-state index >= 15 is 0 Å². The molecule has 6 heteroatoms. The molecule has 0 amide bonds. The van der Waals surface area contributed by atoms with E-state index in [4.69, 9.17) is 0 Å². The van der Waals surface area contributed by atoms with E-state index < -0.39 is 0 Å². The summed E-state index contributed by atoms with van der Waals surface area (Å²) in [5, 5.41) is 0. The number of aliphatic imine (C=N–C) groups is 2. The molecule has 24 heavy (non-hydrogen) atoms. The minimum atomic E-state index is 0.989. The van der Waals surface area contributed by atoms with E-state index in [1.165, 1.54) is 11.1 Å². The van der Waals surface area contributed by atoms with Gasteiger partial charge in [-0.15, -0.1) is 47.0 Å². The van der Waals surface area contributed by atoms with Crippen LogP contribution in [0.4, 0.5) is 11.4 Å². The Morgan fingerprint density at radius 1 is 0.542 bits per heavy atom. The van der Waals surface area contributed by atoms with Crippen molar-refractivity contribution in [2.24, 2.45) is 9.98 Å². The van der Waals surface area contributed by atoms with E-state index in [-0.39, 0.29) is 0 Å². The van der Waals surface area contributed by atoms with Crippen LogP contribution in [-0.2, 0) is 0 Å². The van der Waals surface area contributed by atoms with E-state index in [2.05, 4.69) is 58.5 Å². The molecule has 0 radical (unpaired) electrons. The Balaban J connectivity index is 2.17. The van der Waals surface area contributed by atoms with Gasteiger partial charge in [0.2, 0.25) is 0 Å². The lowest BCUT2D eigenvalue weighted by Gasteiger charge is -2.04. The summed E-state index contributed by atoms with van der Waals surface area (Å²) in [6.45, 7) is 0. The molecule has 0 fully saturated rings. The quantitative estimate of drug-likeness (QED) is 0.424. The molecule has 0 saturated heterocycles. The zero-order valence-electron chi connectivity index (χ0n) is 14.1. The molecular formula is C18H20N2S4. The van der Waals surface area contributed by atoms with Gasteiger partial charge in [0.05, 0.1) is 11.4 Å². The summed E-state index contributed by atoms with van der Waals surface area (Å²) in [6, 6.07) is 16.7. The van der Waals surface area contributed by atoms with Crippen LogP contribution in [0.2, 0.25) is 0 Å². The molecule has 0 aliphatic rings. The summed E-state index contributed by atoms with van der Waals surface area (Å²) in [5.41, 5.74) is 4.36. The highest BCUT2D eigenvalue weighted by molar-refractivity contribution is 8.38. The molecule has 0 heterocycles. The Labute approximate surface area is 161 Å². The molecule has 0 saturated carbocycles. The third-order valence-corrected chi connectivity index (χ3v) is 6.97. The summed E-state index contributed by atoms with van der Waals surface area (Å²) >= 11 is 6.69. The second-order valence-corrected chi connectivity index (χ2v) is 8.36. The third-order valence-electron chi connectivity index (χ3n) is 3.21. The van der Waals surface area contributed by atoms with E-state index in [1.54, 1.807) is 47.0 Å². The largest absolute Gasteiger partial charge is 0.235 e. The molecule has 2 aromatic rings. The van der Waals surface area contributed by atoms with Gasteiger partial charge < -0.3 is 0 Å². The molecule has 0 aliphatic carbocycles. The highest BCUT2D eigenvalue weighted by Crippen LogP contribution is 2.27. The SMILES string of the molecule is CSC(=Nc1ccc(-c2ccc(N=C(SC)SC)cc2)cc1)SC. The summed E-state index contributed by atoms with van der Waals surface area (Å²) < 4.78 is 2.15. The molecule has 0 unspecified atom stereocenters. The minimum Gasteiger partial charge on any atom is -0.235 e. The van der Waals surface area contributed by atoms with Crippen molar-refractivity contribution < 1.29 is 0 Å². The van der Waals surface area contributed by atoms with Gasteiger partial charge in [0.15, 0.2) is 0 Å². The topological polar surface area (TPSA) is 24.7 Å². The second-order valence-electron chi connectivity index (χ2n) is 4.67. The first kappa shape index (κ1) is 19.5. The van der Waals surface area contributed by atoms with Crippen LogP contribution in [0.25, 0.3) is 11.1 Å². The number of rotatable bonds is 3. The van der Waals surface area contributed by atoms with Crippen LogP contribution in [-0.4, -0.2) is 33.8 Å². The number of hydrogen-bond acceptors (Lipinski definition) is 6. The van der Waals surface area contributed by atoms with Crippen molar-refractivity contribution in [3.63, 3.8) is 0 Å². The van der Waals surface area contributed by atoms with E-state index in [0.717, 1.165) is 20.1 Å². The van der Waals surface area contributed by atoms with Gasteiger partial charge in [-0.25, -0.2) is 9.98 Å². The Hall–Kier alpha value is -0.820. The van der Waals surface area contributed by atoms with Gasteiger partial charge in [-0.1, -0.05) is 24.3 Å². The first-order valence-electron chi connectivity index (χ1n) is 7.24.